The highest BCUT2D eigenvalue weighted by atomic mass is 16.2. The van der Waals surface area contributed by atoms with Gasteiger partial charge < -0.3 is 5.32 Å². The lowest BCUT2D eigenvalue weighted by Gasteiger charge is -2.03. The zero-order valence-electron chi connectivity index (χ0n) is 10.0. The fraction of sp³-hybridized carbons (Fsp3) is 0. The van der Waals surface area contributed by atoms with Crippen LogP contribution >= 0.6 is 0 Å². The van der Waals surface area contributed by atoms with Crippen LogP contribution in [0, 0.1) is 0 Å². The summed E-state index contributed by atoms with van der Waals surface area (Å²) in [6.45, 7) is 0. The van der Waals surface area contributed by atoms with Gasteiger partial charge in [0.15, 0.2) is 0 Å². The van der Waals surface area contributed by atoms with Crippen molar-refractivity contribution in [1.29, 1.82) is 0 Å². The number of benzene rings is 1. The van der Waals surface area contributed by atoms with E-state index in [1.807, 2.05) is 30.3 Å². The predicted octanol–water partition coefficient (Wildman–Crippen LogP) is 1.96. The SMILES string of the molecule is O=[C]C(=Cc1ccccc1)NC(=O)c1ccccn1. The molecule has 4 heteroatoms. The molecule has 1 N–H and O–H groups in total. The minimum Gasteiger partial charge on any atom is -0.317 e. The summed E-state index contributed by atoms with van der Waals surface area (Å²) < 4.78 is 0. The summed E-state index contributed by atoms with van der Waals surface area (Å²) >= 11 is 0. The van der Waals surface area contributed by atoms with E-state index in [2.05, 4.69) is 10.3 Å². The topological polar surface area (TPSA) is 59.1 Å². The van der Waals surface area contributed by atoms with Gasteiger partial charge in [-0.1, -0.05) is 36.4 Å². The second kappa shape index (κ2) is 6.26. The van der Waals surface area contributed by atoms with Crippen LogP contribution in [0.25, 0.3) is 6.08 Å². The molecule has 0 spiro atoms. The van der Waals surface area contributed by atoms with Gasteiger partial charge in [-0.25, -0.2) is 0 Å². The molecule has 0 fully saturated rings. The summed E-state index contributed by atoms with van der Waals surface area (Å²) in [6.07, 6.45) is 4.77. The first kappa shape index (κ1) is 12.7. The maximum atomic E-state index is 11.8. The van der Waals surface area contributed by atoms with Crippen molar-refractivity contribution in [3.05, 3.63) is 71.7 Å². The van der Waals surface area contributed by atoms with Gasteiger partial charge >= 0.3 is 0 Å². The van der Waals surface area contributed by atoms with Crippen LogP contribution in [0.5, 0.6) is 0 Å². The van der Waals surface area contributed by atoms with E-state index >= 15 is 0 Å². The van der Waals surface area contributed by atoms with Crippen LogP contribution in [0.4, 0.5) is 0 Å². The lowest BCUT2D eigenvalue weighted by molar-refractivity contribution is 0.0963. The standard InChI is InChI=1S/C15H11N2O2/c18-11-13(10-12-6-2-1-3-7-12)17-15(19)14-8-4-5-9-16-14/h1-10H,(H,17,19). The van der Waals surface area contributed by atoms with Crippen molar-refractivity contribution < 1.29 is 9.59 Å². The molecule has 19 heavy (non-hydrogen) atoms. The molecule has 1 aromatic carbocycles. The molecule has 0 unspecified atom stereocenters. The summed E-state index contributed by atoms with van der Waals surface area (Å²) in [5.41, 5.74) is 1.13. The number of carbonyl (C=O) groups excluding carboxylic acids is 2. The molecule has 93 valence electrons. The van der Waals surface area contributed by atoms with Crippen molar-refractivity contribution in [1.82, 2.24) is 10.3 Å². The molecule has 0 atom stereocenters. The largest absolute Gasteiger partial charge is 0.317 e. The molecule has 1 heterocycles. The van der Waals surface area contributed by atoms with Gasteiger partial charge in [-0.3, -0.25) is 14.6 Å². The normalized spacial score (nSPS) is 10.8. The number of nitrogens with one attached hydrogen (secondary N) is 1. The van der Waals surface area contributed by atoms with E-state index in [0.717, 1.165) is 5.56 Å². The quantitative estimate of drug-likeness (QED) is 0.845. The van der Waals surface area contributed by atoms with Gasteiger partial charge in [0.2, 0.25) is 0 Å². The Labute approximate surface area is 110 Å². The fourth-order valence-corrected chi connectivity index (χ4v) is 1.49. The zero-order valence-corrected chi connectivity index (χ0v) is 10.0. The Balaban J connectivity index is 2.14. The minimum atomic E-state index is -0.439. The predicted molar refractivity (Wildman–Crippen MR) is 71.8 cm³/mol. The van der Waals surface area contributed by atoms with Gasteiger partial charge in [0.05, 0.1) is 5.70 Å². The van der Waals surface area contributed by atoms with Gasteiger partial charge in [0, 0.05) is 6.20 Å². The third-order valence-corrected chi connectivity index (χ3v) is 2.37. The number of nitrogens with zero attached hydrogens (tertiary/aromatic N) is 1. The molecule has 0 saturated carbocycles. The number of rotatable bonds is 4. The Bertz CT molecular complexity index is 592. The van der Waals surface area contributed by atoms with Gasteiger partial charge in [-0.2, -0.15) is 0 Å². The molecule has 0 aliphatic carbocycles. The van der Waals surface area contributed by atoms with Crippen molar-refractivity contribution in [3.63, 3.8) is 0 Å². The lowest BCUT2D eigenvalue weighted by Crippen LogP contribution is -2.24. The Morgan fingerprint density at radius 2 is 1.84 bits per heavy atom. The van der Waals surface area contributed by atoms with Crippen LogP contribution in [-0.4, -0.2) is 17.2 Å². The molecule has 0 aliphatic rings. The number of hydrogen-bond acceptors (Lipinski definition) is 3. The molecule has 1 radical (unpaired) electrons. The molecular weight excluding hydrogens is 240 g/mol. The Kier molecular flexibility index (Phi) is 4.18. The Morgan fingerprint density at radius 3 is 2.47 bits per heavy atom. The van der Waals surface area contributed by atoms with E-state index in [0.29, 0.717) is 0 Å². The number of amides is 1. The third-order valence-electron chi connectivity index (χ3n) is 2.37. The van der Waals surface area contributed by atoms with Crippen LogP contribution in [0.1, 0.15) is 16.1 Å². The van der Waals surface area contributed by atoms with E-state index in [9.17, 15) is 9.59 Å². The maximum absolute atomic E-state index is 11.8. The molecule has 1 aromatic heterocycles. The Hall–Kier alpha value is -2.75. The van der Waals surface area contributed by atoms with E-state index in [1.165, 1.54) is 6.20 Å². The summed E-state index contributed by atoms with van der Waals surface area (Å²) in [5, 5.41) is 2.47. The van der Waals surface area contributed by atoms with Gasteiger partial charge in [-0.15, -0.1) is 0 Å². The molecule has 4 nitrogen and oxygen atoms in total. The number of aromatic nitrogens is 1. The first-order valence-corrected chi connectivity index (χ1v) is 5.67. The number of carbonyl (C=O) groups is 1. The maximum Gasteiger partial charge on any atom is 0.274 e. The molecule has 2 rings (SSSR count). The van der Waals surface area contributed by atoms with E-state index in [4.69, 9.17) is 0 Å². The smallest absolute Gasteiger partial charge is 0.274 e. The first-order chi connectivity index (χ1) is 9.29. The fourth-order valence-electron chi connectivity index (χ4n) is 1.49. The first-order valence-electron chi connectivity index (χ1n) is 5.67. The van der Waals surface area contributed by atoms with Crippen LogP contribution in [0.15, 0.2) is 60.4 Å². The van der Waals surface area contributed by atoms with Gasteiger partial charge in [0.1, 0.15) is 5.69 Å². The van der Waals surface area contributed by atoms with Crippen LogP contribution in [-0.2, 0) is 4.79 Å². The highest BCUT2D eigenvalue weighted by Gasteiger charge is 2.08. The second-order valence-corrected chi connectivity index (χ2v) is 3.74. The van der Waals surface area contributed by atoms with Crippen LogP contribution in [0.3, 0.4) is 0 Å². The zero-order chi connectivity index (χ0) is 13.5. The summed E-state index contributed by atoms with van der Waals surface area (Å²) in [6, 6.07) is 14.2. The van der Waals surface area contributed by atoms with Crippen LogP contribution < -0.4 is 5.32 Å². The van der Waals surface area contributed by atoms with Crippen molar-refractivity contribution in [2.24, 2.45) is 0 Å². The van der Waals surface area contributed by atoms with E-state index in [1.54, 1.807) is 30.6 Å². The molecule has 1 amide bonds. The summed E-state index contributed by atoms with van der Waals surface area (Å²) in [4.78, 5) is 26.6. The van der Waals surface area contributed by atoms with Crippen molar-refractivity contribution in [2.45, 2.75) is 0 Å². The molecule has 2 aromatic rings. The summed E-state index contributed by atoms with van der Waals surface area (Å²) in [5.74, 6) is -0.439. The number of pyridine rings is 1. The van der Waals surface area contributed by atoms with Gasteiger partial charge in [0.25, 0.3) is 12.2 Å². The Morgan fingerprint density at radius 1 is 1.11 bits per heavy atom. The number of allylic oxidation sites excluding steroid dienone is 1. The molecule has 0 aliphatic heterocycles. The minimum absolute atomic E-state index is 0.0712. The van der Waals surface area contributed by atoms with Crippen molar-refractivity contribution in [3.8, 4) is 0 Å². The van der Waals surface area contributed by atoms with Gasteiger partial charge in [-0.05, 0) is 23.8 Å². The average Bonchev–Trinajstić information content (AvgIpc) is 2.48. The van der Waals surface area contributed by atoms with Crippen molar-refractivity contribution >= 4 is 18.3 Å². The molecule has 0 bridgehead atoms. The van der Waals surface area contributed by atoms with E-state index in [-0.39, 0.29) is 11.4 Å². The van der Waals surface area contributed by atoms with Crippen LogP contribution in [0.2, 0.25) is 0 Å². The number of hydrogen-bond donors (Lipinski definition) is 1. The third kappa shape index (κ3) is 3.61. The second-order valence-electron chi connectivity index (χ2n) is 3.74. The monoisotopic (exact) mass is 251 g/mol. The lowest BCUT2D eigenvalue weighted by atomic mass is 10.2. The highest BCUT2D eigenvalue weighted by molar-refractivity contribution is 5.98. The summed E-state index contributed by atoms with van der Waals surface area (Å²) in [7, 11) is 0. The average molecular weight is 251 g/mol. The van der Waals surface area contributed by atoms with E-state index < -0.39 is 5.91 Å². The molecular formula is C15H11N2O2. The van der Waals surface area contributed by atoms with Crippen molar-refractivity contribution in [2.75, 3.05) is 0 Å². The highest BCUT2D eigenvalue weighted by Crippen LogP contribution is 2.04. The molecule has 0 saturated heterocycles.